The van der Waals surface area contributed by atoms with Crippen LogP contribution in [0.4, 0.5) is 0 Å². The summed E-state index contributed by atoms with van der Waals surface area (Å²) >= 11 is 2.32. The molecule has 0 aromatic carbocycles. The van der Waals surface area contributed by atoms with Gasteiger partial charge in [-0.05, 0) is 6.26 Å². The molecule has 52 valence electrons. The van der Waals surface area contributed by atoms with E-state index in [0.29, 0.717) is 3.92 Å². The van der Waals surface area contributed by atoms with Gasteiger partial charge in [-0.3, -0.25) is 0 Å². The van der Waals surface area contributed by atoms with Gasteiger partial charge in [0.25, 0.3) is 0 Å². The largest absolute Gasteiger partial charge is 0.0863 e. The van der Waals surface area contributed by atoms with E-state index in [0.717, 1.165) is 5.75 Å². The minimum Gasteiger partial charge on any atom is -0.0863 e. The molecule has 0 aromatic heterocycles. The normalized spacial score (nSPS) is 18.1. The van der Waals surface area contributed by atoms with Crippen LogP contribution in [-0.2, 0) is 0 Å². The van der Waals surface area contributed by atoms with Crippen molar-refractivity contribution in [1.82, 2.24) is 0 Å². The molecule has 1 atom stereocenters. The fourth-order valence-corrected chi connectivity index (χ4v) is 5.78. The molecule has 1 unspecified atom stereocenters. The molecule has 0 saturated heterocycles. The van der Waals surface area contributed by atoms with Gasteiger partial charge in [0, 0.05) is 9.68 Å². The second-order valence-corrected chi connectivity index (χ2v) is 10.6. The molecule has 0 bridgehead atoms. The van der Waals surface area contributed by atoms with Gasteiger partial charge in [-0.1, -0.05) is 59.3 Å². The van der Waals surface area contributed by atoms with E-state index < -0.39 is 8.46 Å². The monoisotopic (exact) mass is 286 g/mol. The number of hydrogen-bond acceptors (Lipinski definition) is 0. The lowest BCUT2D eigenvalue weighted by Gasteiger charge is -2.19. The van der Waals surface area contributed by atoms with Crippen LogP contribution in [0.3, 0.4) is 0 Å². The first-order chi connectivity index (χ1) is 3.42. The lowest BCUT2D eigenvalue weighted by atomic mass is 10.6. The second-order valence-electron chi connectivity index (χ2n) is 1.82. The van der Waals surface area contributed by atoms with Crippen LogP contribution in [0, 0.1) is 0 Å². The summed E-state index contributed by atoms with van der Waals surface area (Å²) < 4.78 is 0.586. The molecular formula is C4H9Cl2IS. The maximum Gasteiger partial charge on any atom is 0.0179 e. The Labute approximate surface area is 74.8 Å². The zero-order valence-electron chi connectivity index (χ0n) is 4.83. The smallest absolute Gasteiger partial charge is 0.0179 e. The standard InChI is InChI=1S/C4H9Cl2IS/c1-4(7)3-8(2,5)6/h4H,3H2,1-2H3. The van der Waals surface area contributed by atoms with E-state index in [2.05, 4.69) is 29.5 Å². The van der Waals surface area contributed by atoms with Crippen LogP contribution in [0.1, 0.15) is 6.92 Å². The molecule has 0 radical (unpaired) electrons. The van der Waals surface area contributed by atoms with Crippen molar-refractivity contribution in [2.45, 2.75) is 10.8 Å². The molecule has 4 heteroatoms. The van der Waals surface area contributed by atoms with Gasteiger partial charge in [-0.2, -0.15) is 0 Å². The van der Waals surface area contributed by atoms with E-state index in [1.54, 1.807) is 0 Å². The molecule has 8 heavy (non-hydrogen) atoms. The highest BCUT2D eigenvalue weighted by molar-refractivity contribution is 14.1. The molecule has 0 aromatic rings. The molecule has 0 spiro atoms. The van der Waals surface area contributed by atoms with Gasteiger partial charge in [0.1, 0.15) is 0 Å². The predicted octanol–water partition coefficient (Wildman–Crippen LogP) is 3.55. The van der Waals surface area contributed by atoms with Crippen molar-refractivity contribution in [3.63, 3.8) is 0 Å². The molecule has 0 aliphatic heterocycles. The van der Waals surface area contributed by atoms with Gasteiger partial charge in [-0.25, -0.2) is 0 Å². The Morgan fingerprint density at radius 3 is 2.00 bits per heavy atom. The first-order valence-corrected chi connectivity index (χ1v) is 7.32. The van der Waals surface area contributed by atoms with Crippen molar-refractivity contribution in [2.75, 3.05) is 12.0 Å². The fourth-order valence-electron chi connectivity index (χ4n) is 0.403. The first-order valence-electron chi connectivity index (χ1n) is 2.21. The molecule has 0 aliphatic carbocycles. The summed E-state index contributed by atoms with van der Waals surface area (Å²) in [5.74, 6) is 0.927. The second kappa shape index (κ2) is 3.74. The molecule has 0 saturated carbocycles. The van der Waals surface area contributed by atoms with Crippen LogP contribution in [0.2, 0.25) is 0 Å². The Morgan fingerprint density at radius 2 is 2.00 bits per heavy atom. The van der Waals surface area contributed by atoms with Gasteiger partial charge < -0.3 is 0 Å². The molecule has 0 rings (SSSR count). The molecular weight excluding hydrogens is 278 g/mol. The van der Waals surface area contributed by atoms with E-state index in [4.69, 9.17) is 21.4 Å². The Morgan fingerprint density at radius 1 is 1.62 bits per heavy atom. The minimum atomic E-state index is -1.29. The minimum absolute atomic E-state index is 0.586. The summed E-state index contributed by atoms with van der Waals surface area (Å²) in [5, 5.41) is 0. The van der Waals surface area contributed by atoms with E-state index >= 15 is 0 Å². The highest BCUT2D eigenvalue weighted by atomic mass is 127. The van der Waals surface area contributed by atoms with Crippen LogP contribution in [0.25, 0.3) is 0 Å². The van der Waals surface area contributed by atoms with Crippen molar-refractivity contribution >= 4 is 52.4 Å². The van der Waals surface area contributed by atoms with Crippen LogP contribution in [-0.4, -0.2) is 15.9 Å². The average Bonchev–Trinajstić information content (AvgIpc) is 1.21. The lowest BCUT2D eigenvalue weighted by Crippen LogP contribution is -1.99. The number of alkyl halides is 1. The van der Waals surface area contributed by atoms with Gasteiger partial charge in [0.2, 0.25) is 0 Å². The molecule has 0 nitrogen and oxygen atoms in total. The Bertz CT molecular complexity index is 68.9. The molecule has 0 fully saturated rings. The van der Waals surface area contributed by atoms with Crippen LogP contribution < -0.4 is 0 Å². The van der Waals surface area contributed by atoms with Crippen LogP contribution in [0.15, 0.2) is 0 Å². The third kappa shape index (κ3) is 7.66. The predicted molar refractivity (Wildman–Crippen MR) is 53.6 cm³/mol. The quantitative estimate of drug-likeness (QED) is 0.538. The van der Waals surface area contributed by atoms with Gasteiger partial charge in [0.15, 0.2) is 0 Å². The molecule has 0 amide bonds. The SMILES string of the molecule is CC(I)CS(C)(Cl)Cl. The maximum absolute atomic E-state index is 5.77. The number of halogens is 3. The van der Waals surface area contributed by atoms with Gasteiger partial charge in [0.05, 0.1) is 0 Å². The van der Waals surface area contributed by atoms with E-state index in [9.17, 15) is 0 Å². The first kappa shape index (κ1) is 9.66. The summed E-state index contributed by atoms with van der Waals surface area (Å²) in [5.41, 5.74) is 0. The Kier molecular flexibility index (Phi) is 4.51. The average molecular weight is 287 g/mol. The highest BCUT2D eigenvalue weighted by Gasteiger charge is 2.12. The third-order valence-corrected chi connectivity index (χ3v) is 3.40. The highest BCUT2D eigenvalue weighted by Crippen LogP contribution is 2.55. The van der Waals surface area contributed by atoms with Crippen molar-refractivity contribution in [3.05, 3.63) is 0 Å². The van der Waals surface area contributed by atoms with Crippen LogP contribution >= 0.6 is 52.4 Å². The fraction of sp³-hybridized carbons (Fsp3) is 1.00. The Hall–Kier alpha value is 1.66. The summed E-state index contributed by atoms with van der Waals surface area (Å²) in [6.07, 6.45) is 1.89. The van der Waals surface area contributed by atoms with Crippen LogP contribution in [0.5, 0.6) is 0 Å². The van der Waals surface area contributed by atoms with Gasteiger partial charge in [-0.15, -0.1) is 0 Å². The van der Waals surface area contributed by atoms with Gasteiger partial charge >= 0.3 is 0 Å². The summed E-state index contributed by atoms with van der Waals surface area (Å²) in [4.78, 5) is 0. The van der Waals surface area contributed by atoms with E-state index in [1.165, 1.54) is 0 Å². The van der Waals surface area contributed by atoms with Crippen molar-refractivity contribution in [3.8, 4) is 0 Å². The maximum atomic E-state index is 5.77. The summed E-state index contributed by atoms with van der Waals surface area (Å²) in [6, 6.07) is 0. The van der Waals surface area contributed by atoms with Crippen molar-refractivity contribution in [1.29, 1.82) is 0 Å². The van der Waals surface area contributed by atoms with Crippen molar-refractivity contribution < 1.29 is 0 Å². The summed E-state index contributed by atoms with van der Waals surface area (Å²) in [7, 11) is 10.3. The number of rotatable bonds is 2. The molecule has 0 aliphatic rings. The molecule has 0 heterocycles. The van der Waals surface area contributed by atoms with Crippen molar-refractivity contribution in [2.24, 2.45) is 0 Å². The van der Waals surface area contributed by atoms with E-state index in [-0.39, 0.29) is 0 Å². The molecule has 0 N–H and O–H groups in total. The van der Waals surface area contributed by atoms with E-state index in [1.807, 2.05) is 6.26 Å². The number of hydrogen-bond donors (Lipinski definition) is 0. The summed E-state index contributed by atoms with van der Waals surface area (Å²) in [6.45, 7) is 2.11. The zero-order chi connectivity index (χ0) is 6.78. The topological polar surface area (TPSA) is 0 Å². The zero-order valence-corrected chi connectivity index (χ0v) is 9.31. The lowest BCUT2D eigenvalue weighted by molar-refractivity contribution is 1.18. The Balaban J connectivity index is 3.39. The third-order valence-electron chi connectivity index (χ3n) is 0.522.